The Bertz CT molecular complexity index is 373. The van der Waals surface area contributed by atoms with Crippen LogP contribution >= 0.6 is 15.9 Å². The van der Waals surface area contributed by atoms with Gasteiger partial charge in [-0.05, 0) is 0 Å². The molecule has 2 atom stereocenters. The van der Waals surface area contributed by atoms with Gasteiger partial charge in [0.2, 0.25) is 0 Å². The lowest BCUT2D eigenvalue weighted by molar-refractivity contribution is -0.270. The van der Waals surface area contributed by atoms with Crippen LogP contribution in [0.4, 0.5) is 22.0 Å². The molecule has 1 heterocycles. The van der Waals surface area contributed by atoms with Crippen LogP contribution in [-0.4, -0.2) is 48.4 Å². The summed E-state index contributed by atoms with van der Waals surface area (Å²) in [5.74, 6) is -9.37. The number of ketones is 1. The van der Waals surface area contributed by atoms with Crippen molar-refractivity contribution >= 4 is 27.6 Å². The average molecular weight is 354 g/mol. The van der Waals surface area contributed by atoms with E-state index in [0.717, 1.165) is 0 Å². The minimum Gasteiger partial charge on any atom is -0.378 e. The molecule has 1 saturated heterocycles. The van der Waals surface area contributed by atoms with Gasteiger partial charge in [-0.25, -0.2) is 0 Å². The largest absolute Gasteiger partial charge is 0.463 e. The fourth-order valence-electron chi connectivity index (χ4n) is 1.50. The standard InChI is InChI=1S/C9H9BrF5NO3/c10-1-6(17)4-2-19-3-5(4)16-7(18)8(11,12)9(13,14)15/h4-5H,1-3H2,(H,16,18). The van der Waals surface area contributed by atoms with Gasteiger partial charge in [-0.1, -0.05) is 15.9 Å². The molecule has 0 spiro atoms. The van der Waals surface area contributed by atoms with E-state index in [1.54, 1.807) is 0 Å². The van der Waals surface area contributed by atoms with Crippen LogP contribution < -0.4 is 5.32 Å². The molecule has 0 aromatic carbocycles. The molecule has 1 fully saturated rings. The van der Waals surface area contributed by atoms with E-state index in [1.807, 2.05) is 0 Å². The van der Waals surface area contributed by atoms with Crippen LogP contribution in [0.15, 0.2) is 0 Å². The van der Waals surface area contributed by atoms with Gasteiger partial charge in [0.05, 0.1) is 30.5 Å². The number of carbonyl (C=O) groups excluding carboxylic acids is 2. The van der Waals surface area contributed by atoms with Crippen LogP contribution in [-0.2, 0) is 14.3 Å². The van der Waals surface area contributed by atoms with Crippen LogP contribution in [0.5, 0.6) is 0 Å². The lowest BCUT2D eigenvalue weighted by Gasteiger charge is -2.23. The summed E-state index contributed by atoms with van der Waals surface area (Å²) < 4.78 is 66.1. The third-order valence-electron chi connectivity index (χ3n) is 2.58. The van der Waals surface area contributed by atoms with Gasteiger partial charge >= 0.3 is 18.0 Å². The zero-order valence-electron chi connectivity index (χ0n) is 9.27. The zero-order valence-corrected chi connectivity index (χ0v) is 10.9. The Balaban J connectivity index is 2.74. The number of rotatable bonds is 4. The molecule has 10 heteroatoms. The molecule has 0 radical (unpaired) electrons. The molecule has 110 valence electrons. The first kappa shape index (κ1) is 16.3. The molecule has 0 aliphatic carbocycles. The van der Waals surface area contributed by atoms with E-state index in [1.165, 1.54) is 5.32 Å². The predicted octanol–water partition coefficient (Wildman–Crippen LogP) is 1.28. The first-order chi connectivity index (χ1) is 8.61. The number of alkyl halides is 6. The van der Waals surface area contributed by atoms with Crippen molar-refractivity contribution in [1.29, 1.82) is 0 Å². The molecule has 0 bridgehead atoms. The normalized spacial score (nSPS) is 24.3. The van der Waals surface area contributed by atoms with E-state index in [2.05, 4.69) is 15.9 Å². The second kappa shape index (κ2) is 5.70. The van der Waals surface area contributed by atoms with E-state index in [-0.39, 0.29) is 18.5 Å². The predicted molar refractivity (Wildman–Crippen MR) is 56.0 cm³/mol. The fraction of sp³-hybridized carbons (Fsp3) is 0.778. The zero-order chi connectivity index (χ0) is 14.8. The number of Topliss-reactive ketones (excluding diaryl/α,β-unsaturated/α-hetero) is 1. The molecule has 1 amide bonds. The molecular weight excluding hydrogens is 345 g/mol. The van der Waals surface area contributed by atoms with Gasteiger partial charge in [0, 0.05) is 0 Å². The summed E-state index contributed by atoms with van der Waals surface area (Å²) in [6.45, 7) is -0.421. The smallest absolute Gasteiger partial charge is 0.378 e. The second-order valence-corrected chi connectivity index (χ2v) is 4.46. The Morgan fingerprint density at radius 1 is 1.21 bits per heavy atom. The monoisotopic (exact) mass is 353 g/mol. The highest BCUT2D eigenvalue weighted by molar-refractivity contribution is 9.09. The number of halogens is 6. The van der Waals surface area contributed by atoms with E-state index in [4.69, 9.17) is 4.74 Å². The SMILES string of the molecule is O=C(CBr)C1COCC1NC(=O)C(F)(F)C(F)(F)F. The van der Waals surface area contributed by atoms with Crippen molar-refractivity contribution in [3.63, 3.8) is 0 Å². The van der Waals surface area contributed by atoms with Gasteiger partial charge < -0.3 is 10.1 Å². The van der Waals surface area contributed by atoms with Gasteiger partial charge in [-0.2, -0.15) is 22.0 Å². The molecule has 0 aromatic rings. The molecular formula is C9H9BrF5NO3. The van der Waals surface area contributed by atoms with Crippen molar-refractivity contribution in [1.82, 2.24) is 5.32 Å². The Hall–Kier alpha value is -0.770. The van der Waals surface area contributed by atoms with E-state index in [9.17, 15) is 31.5 Å². The average Bonchev–Trinajstić information content (AvgIpc) is 2.74. The molecule has 0 saturated carbocycles. The quantitative estimate of drug-likeness (QED) is 0.611. The topological polar surface area (TPSA) is 55.4 Å². The van der Waals surface area contributed by atoms with Crippen molar-refractivity contribution in [3.8, 4) is 0 Å². The lowest BCUT2D eigenvalue weighted by Crippen LogP contribution is -2.55. The third kappa shape index (κ3) is 3.41. The first-order valence-electron chi connectivity index (χ1n) is 5.03. The van der Waals surface area contributed by atoms with Crippen LogP contribution in [0.25, 0.3) is 0 Å². The fourth-order valence-corrected chi connectivity index (χ4v) is 1.92. The van der Waals surface area contributed by atoms with Crippen LogP contribution in [0.3, 0.4) is 0 Å². The van der Waals surface area contributed by atoms with Gasteiger partial charge in [-0.15, -0.1) is 0 Å². The molecule has 19 heavy (non-hydrogen) atoms. The molecule has 0 aromatic heterocycles. The number of amides is 1. The van der Waals surface area contributed by atoms with Gasteiger partial charge in [0.1, 0.15) is 0 Å². The van der Waals surface area contributed by atoms with Crippen molar-refractivity contribution in [2.45, 2.75) is 18.1 Å². The van der Waals surface area contributed by atoms with Gasteiger partial charge in [0.15, 0.2) is 5.78 Å². The number of hydrogen-bond acceptors (Lipinski definition) is 3. The minimum absolute atomic E-state index is 0.108. The third-order valence-corrected chi connectivity index (χ3v) is 3.14. The van der Waals surface area contributed by atoms with Crippen molar-refractivity contribution < 1.29 is 36.3 Å². The number of hydrogen-bond donors (Lipinski definition) is 1. The molecule has 4 nitrogen and oxygen atoms in total. The number of ether oxygens (including phenoxy) is 1. The van der Waals surface area contributed by atoms with Crippen molar-refractivity contribution in [2.24, 2.45) is 5.92 Å². The summed E-state index contributed by atoms with van der Waals surface area (Å²) in [7, 11) is 0. The second-order valence-electron chi connectivity index (χ2n) is 3.90. The van der Waals surface area contributed by atoms with Crippen LogP contribution in [0, 0.1) is 5.92 Å². The van der Waals surface area contributed by atoms with E-state index in [0.29, 0.717) is 0 Å². The van der Waals surface area contributed by atoms with Gasteiger partial charge in [0.25, 0.3) is 0 Å². The highest BCUT2D eigenvalue weighted by Crippen LogP contribution is 2.35. The summed E-state index contributed by atoms with van der Waals surface area (Å²) in [5, 5.41) is 1.41. The Morgan fingerprint density at radius 3 is 2.26 bits per heavy atom. The van der Waals surface area contributed by atoms with Crippen LogP contribution in [0.2, 0.25) is 0 Å². The minimum atomic E-state index is -5.98. The maximum absolute atomic E-state index is 12.7. The maximum Gasteiger partial charge on any atom is 0.463 e. The highest BCUT2D eigenvalue weighted by atomic mass is 79.9. The Kier molecular flexibility index (Phi) is 4.88. The van der Waals surface area contributed by atoms with Crippen molar-refractivity contribution in [3.05, 3.63) is 0 Å². The summed E-state index contributed by atoms with van der Waals surface area (Å²) in [6.07, 6.45) is -5.98. The molecule has 1 aliphatic heterocycles. The molecule has 1 rings (SSSR count). The first-order valence-corrected chi connectivity index (χ1v) is 6.15. The number of carbonyl (C=O) groups is 2. The summed E-state index contributed by atoms with van der Waals surface area (Å²) in [6, 6.07) is -1.19. The highest BCUT2D eigenvalue weighted by Gasteiger charge is 2.63. The number of nitrogens with one attached hydrogen (secondary N) is 1. The molecule has 1 aliphatic rings. The van der Waals surface area contributed by atoms with Crippen molar-refractivity contribution in [2.75, 3.05) is 18.5 Å². The molecule has 1 N–H and O–H groups in total. The summed E-state index contributed by atoms with van der Waals surface area (Å²) in [4.78, 5) is 22.3. The molecule has 2 unspecified atom stereocenters. The summed E-state index contributed by atoms with van der Waals surface area (Å²) in [5.41, 5.74) is 0. The Labute approximate surface area is 112 Å². The van der Waals surface area contributed by atoms with E-state index >= 15 is 0 Å². The Morgan fingerprint density at radius 2 is 1.79 bits per heavy atom. The lowest BCUT2D eigenvalue weighted by atomic mass is 9.99. The van der Waals surface area contributed by atoms with Crippen LogP contribution in [0.1, 0.15) is 0 Å². The summed E-state index contributed by atoms with van der Waals surface area (Å²) >= 11 is 2.84. The van der Waals surface area contributed by atoms with E-state index < -0.39 is 35.7 Å². The maximum atomic E-state index is 12.7. The van der Waals surface area contributed by atoms with Gasteiger partial charge in [-0.3, -0.25) is 9.59 Å².